The average molecular weight is 301 g/mol. The molecule has 3 heteroatoms. The molecule has 0 aromatic rings. The van der Waals surface area contributed by atoms with E-state index in [-0.39, 0.29) is 11.4 Å². The van der Waals surface area contributed by atoms with Gasteiger partial charge in [-0.15, -0.1) is 0 Å². The molecule has 0 N–H and O–H groups in total. The Morgan fingerprint density at radius 2 is 1.55 bits per heavy atom. The Morgan fingerprint density at radius 3 is 2.00 bits per heavy atom. The smallest absolute Gasteiger partial charge is 0.298 e. The second kappa shape index (κ2) is 11.4. The molecule has 0 amide bonds. The van der Waals surface area contributed by atoms with E-state index in [1.807, 2.05) is 0 Å². The highest BCUT2D eigenvalue weighted by atomic mass is 28.2. The van der Waals surface area contributed by atoms with Gasteiger partial charge in [-0.25, -0.2) is 0 Å². The van der Waals surface area contributed by atoms with E-state index >= 15 is 0 Å². The number of carbonyl (C=O) groups is 1. The van der Waals surface area contributed by atoms with Crippen molar-refractivity contribution in [1.82, 2.24) is 0 Å². The van der Waals surface area contributed by atoms with E-state index in [2.05, 4.69) is 27.7 Å². The molecule has 0 saturated heterocycles. The molecule has 1 atom stereocenters. The zero-order valence-corrected chi connectivity index (χ0v) is 16.5. The van der Waals surface area contributed by atoms with Crippen molar-refractivity contribution in [2.24, 2.45) is 11.3 Å². The molecule has 0 aromatic carbocycles. The van der Waals surface area contributed by atoms with Gasteiger partial charge in [-0.3, -0.25) is 4.79 Å². The molecule has 0 bridgehead atoms. The molecule has 0 radical (unpaired) electrons. The lowest BCUT2D eigenvalue weighted by atomic mass is 9.67. The summed E-state index contributed by atoms with van der Waals surface area (Å²) >= 11 is 0. The maximum absolute atomic E-state index is 12.4. The lowest BCUT2D eigenvalue weighted by Gasteiger charge is -2.37. The number of hydrogen-bond donors (Lipinski definition) is 0. The molecule has 0 spiro atoms. The molecule has 0 aliphatic rings. The van der Waals surface area contributed by atoms with E-state index in [0.29, 0.717) is 16.4 Å². The molecule has 2 nitrogen and oxygen atoms in total. The zero-order chi connectivity index (χ0) is 15.4. The molecule has 0 rings (SSSR count). The fraction of sp³-hybridized carbons (Fsp3) is 0.941. The zero-order valence-electron chi connectivity index (χ0n) is 14.5. The van der Waals surface area contributed by atoms with Crippen molar-refractivity contribution >= 4 is 16.5 Å². The summed E-state index contributed by atoms with van der Waals surface area (Å²) in [5.74, 6) is 0.576. The van der Waals surface area contributed by atoms with Crippen LogP contribution in [0.3, 0.4) is 0 Å². The predicted octanol–water partition coefficient (Wildman–Crippen LogP) is 4.39. The van der Waals surface area contributed by atoms with Crippen LogP contribution in [0.5, 0.6) is 0 Å². The van der Waals surface area contributed by atoms with E-state index in [1.54, 1.807) is 0 Å². The van der Waals surface area contributed by atoms with Gasteiger partial charge in [0.15, 0.2) is 0 Å². The molecule has 0 aliphatic carbocycles. The third-order valence-corrected chi connectivity index (χ3v) is 5.30. The first-order chi connectivity index (χ1) is 9.62. The molecule has 0 aromatic heterocycles. The Bertz CT molecular complexity index is 249. The van der Waals surface area contributed by atoms with E-state index < -0.39 is 0 Å². The first-order valence-electron chi connectivity index (χ1n) is 8.71. The lowest BCUT2D eigenvalue weighted by Crippen LogP contribution is -2.39. The van der Waals surface area contributed by atoms with E-state index in [4.69, 9.17) is 4.43 Å². The maximum atomic E-state index is 12.4. The van der Waals surface area contributed by atoms with Gasteiger partial charge in [0.25, 0.3) is 5.97 Å². The summed E-state index contributed by atoms with van der Waals surface area (Å²) in [5, 5.41) is 0. The summed E-state index contributed by atoms with van der Waals surface area (Å²) in [7, 11) is 0.519. The van der Waals surface area contributed by atoms with Gasteiger partial charge in [0.1, 0.15) is 0 Å². The van der Waals surface area contributed by atoms with Gasteiger partial charge in [0, 0.05) is 0 Å². The molecule has 0 fully saturated rings. The third-order valence-electron chi connectivity index (χ3n) is 4.93. The monoisotopic (exact) mass is 300 g/mol. The molecule has 0 saturated carbocycles. The molecular formula is C17H36O2Si. The normalized spacial score (nSPS) is 13.4. The van der Waals surface area contributed by atoms with Gasteiger partial charge in [-0.05, 0) is 31.6 Å². The van der Waals surface area contributed by atoms with Gasteiger partial charge < -0.3 is 4.43 Å². The van der Waals surface area contributed by atoms with Crippen molar-refractivity contribution in [3.05, 3.63) is 0 Å². The minimum atomic E-state index is -0.220. The van der Waals surface area contributed by atoms with Gasteiger partial charge in [0.05, 0.1) is 5.41 Å². The van der Waals surface area contributed by atoms with Crippen LogP contribution in [0.2, 0.25) is 0 Å². The quantitative estimate of drug-likeness (QED) is 0.394. The average Bonchev–Trinajstić information content (AvgIpc) is 2.48. The molecule has 0 aliphatic heterocycles. The van der Waals surface area contributed by atoms with Crippen molar-refractivity contribution in [3.63, 3.8) is 0 Å². The van der Waals surface area contributed by atoms with Crippen molar-refractivity contribution in [2.75, 3.05) is 0 Å². The molecule has 120 valence electrons. The Hall–Kier alpha value is -0.313. The van der Waals surface area contributed by atoms with Crippen LogP contribution in [-0.4, -0.2) is 16.5 Å². The highest BCUT2D eigenvalue weighted by Crippen LogP contribution is 2.42. The first kappa shape index (κ1) is 19.7. The minimum absolute atomic E-state index is 0.0705. The molecule has 1 unspecified atom stereocenters. The van der Waals surface area contributed by atoms with Crippen LogP contribution in [0.25, 0.3) is 0 Å². The van der Waals surface area contributed by atoms with Crippen LogP contribution in [-0.2, 0) is 9.22 Å². The van der Waals surface area contributed by atoms with Crippen molar-refractivity contribution < 1.29 is 9.22 Å². The van der Waals surface area contributed by atoms with Crippen LogP contribution in [0, 0.1) is 11.3 Å². The summed E-state index contributed by atoms with van der Waals surface area (Å²) in [6.45, 7) is 8.79. The molecule has 20 heavy (non-hydrogen) atoms. The minimum Gasteiger partial charge on any atom is -0.528 e. The summed E-state index contributed by atoms with van der Waals surface area (Å²) in [6, 6.07) is 0. The van der Waals surface area contributed by atoms with Gasteiger partial charge in [-0.1, -0.05) is 66.2 Å². The third kappa shape index (κ3) is 5.59. The predicted molar refractivity (Wildman–Crippen MR) is 90.8 cm³/mol. The largest absolute Gasteiger partial charge is 0.528 e. The van der Waals surface area contributed by atoms with Gasteiger partial charge >= 0.3 is 0 Å². The Balaban J connectivity index is 4.68. The van der Waals surface area contributed by atoms with E-state index in [9.17, 15) is 4.79 Å². The Morgan fingerprint density at radius 1 is 0.950 bits per heavy atom. The lowest BCUT2D eigenvalue weighted by molar-refractivity contribution is -0.150. The van der Waals surface area contributed by atoms with E-state index in [0.717, 1.165) is 25.7 Å². The standard InChI is InChI=1S/C17H36O2Si/c1-5-9-10-11-12-14-15(13-6-2)17(7-3,8-4)16(18)19-20/h15H,5-14H2,1-4,20H3. The second-order valence-electron chi connectivity index (χ2n) is 6.04. The van der Waals surface area contributed by atoms with Crippen LogP contribution < -0.4 is 0 Å². The van der Waals surface area contributed by atoms with Crippen molar-refractivity contribution in [1.29, 1.82) is 0 Å². The van der Waals surface area contributed by atoms with E-state index in [1.165, 1.54) is 38.5 Å². The highest BCUT2D eigenvalue weighted by molar-refractivity contribution is 6.06. The summed E-state index contributed by atoms with van der Waals surface area (Å²) < 4.78 is 5.27. The summed E-state index contributed by atoms with van der Waals surface area (Å²) in [5.41, 5.74) is -0.220. The van der Waals surface area contributed by atoms with Crippen molar-refractivity contribution in [2.45, 2.75) is 91.9 Å². The fourth-order valence-corrected chi connectivity index (χ4v) is 3.93. The summed E-state index contributed by atoms with van der Waals surface area (Å²) in [6.07, 6.45) is 11.9. The Labute approximate surface area is 129 Å². The topological polar surface area (TPSA) is 26.3 Å². The molecule has 0 heterocycles. The number of unbranched alkanes of at least 4 members (excludes halogenated alkanes) is 4. The second-order valence-corrected chi connectivity index (χ2v) is 6.45. The summed E-state index contributed by atoms with van der Waals surface area (Å²) in [4.78, 5) is 12.4. The van der Waals surface area contributed by atoms with Crippen LogP contribution in [0.1, 0.15) is 91.9 Å². The first-order valence-corrected chi connectivity index (χ1v) is 9.52. The number of carbonyl (C=O) groups excluding carboxylic acids is 1. The number of rotatable bonds is 12. The van der Waals surface area contributed by atoms with Gasteiger partial charge in [-0.2, -0.15) is 0 Å². The molecular weight excluding hydrogens is 264 g/mol. The maximum Gasteiger partial charge on any atom is 0.298 e. The van der Waals surface area contributed by atoms with Crippen LogP contribution in [0.15, 0.2) is 0 Å². The van der Waals surface area contributed by atoms with Crippen LogP contribution >= 0.6 is 0 Å². The van der Waals surface area contributed by atoms with Crippen LogP contribution in [0.4, 0.5) is 0 Å². The Kier molecular flexibility index (Phi) is 11.2. The van der Waals surface area contributed by atoms with Gasteiger partial charge in [0.2, 0.25) is 10.5 Å². The SMILES string of the molecule is CCCCCCCC(CCC)C(CC)(CC)C(=O)O[SiH3]. The van der Waals surface area contributed by atoms with Crippen molar-refractivity contribution in [3.8, 4) is 0 Å². The fourth-order valence-electron chi connectivity index (χ4n) is 3.53. The highest BCUT2D eigenvalue weighted by Gasteiger charge is 2.42. The number of hydrogen-bond acceptors (Lipinski definition) is 2.